The number of hydrogen-bond acceptors (Lipinski definition) is 3. The van der Waals surface area contributed by atoms with Gasteiger partial charge < -0.3 is 4.74 Å². The Morgan fingerprint density at radius 2 is 2.11 bits per heavy atom. The van der Waals surface area contributed by atoms with Crippen LogP contribution in [0.2, 0.25) is 0 Å². The Balaban J connectivity index is 2.93. The topological polar surface area (TPSA) is 44.1 Å². The SMILES string of the molecule is CCOC(=O)CC(n1ccc(C(C)C)n1)C(F)(F)F. The number of ether oxygens (including phenoxy) is 1. The van der Waals surface area contributed by atoms with Crippen LogP contribution in [0, 0.1) is 0 Å². The van der Waals surface area contributed by atoms with Crippen LogP contribution in [0.5, 0.6) is 0 Å². The maximum Gasteiger partial charge on any atom is 0.411 e. The smallest absolute Gasteiger partial charge is 0.411 e. The number of alkyl halides is 3. The van der Waals surface area contributed by atoms with Crippen LogP contribution >= 0.6 is 0 Å². The molecular weight excluding hydrogens is 261 g/mol. The molecule has 0 fully saturated rings. The zero-order valence-corrected chi connectivity index (χ0v) is 11.1. The van der Waals surface area contributed by atoms with Gasteiger partial charge in [-0.1, -0.05) is 13.8 Å². The molecule has 0 spiro atoms. The Kier molecular flexibility index (Phi) is 4.97. The molecule has 19 heavy (non-hydrogen) atoms. The van der Waals surface area contributed by atoms with Crippen LogP contribution in [-0.4, -0.2) is 28.5 Å². The fourth-order valence-corrected chi connectivity index (χ4v) is 1.57. The molecule has 1 aromatic heterocycles. The van der Waals surface area contributed by atoms with Gasteiger partial charge in [-0.2, -0.15) is 18.3 Å². The number of carbonyl (C=O) groups is 1. The molecule has 7 heteroatoms. The fraction of sp³-hybridized carbons (Fsp3) is 0.667. The lowest BCUT2D eigenvalue weighted by molar-refractivity contribution is -0.181. The van der Waals surface area contributed by atoms with Gasteiger partial charge in [0, 0.05) is 6.20 Å². The summed E-state index contributed by atoms with van der Waals surface area (Å²) in [6.45, 7) is 5.27. The van der Waals surface area contributed by atoms with Gasteiger partial charge in [-0.05, 0) is 18.9 Å². The molecule has 0 N–H and O–H groups in total. The van der Waals surface area contributed by atoms with Crippen LogP contribution in [0.4, 0.5) is 13.2 Å². The van der Waals surface area contributed by atoms with Crippen molar-refractivity contribution in [2.24, 2.45) is 0 Å². The summed E-state index contributed by atoms with van der Waals surface area (Å²) in [6, 6.07) is -0.465. The first-order valence-corrected chi connectivity index (χ1v) is 6.03. The van der Waals surface area contributed by atoms with Gasteiger partial charge in [0.15, 0.2) is 6.04 Å². The van der Waals surface area contributed by atoms with Crippen LogP contribution in [0.1, 0.15) is 44.8 Å². The Hall–Kier alpha value is -1.53. The number of hydrogen-bond donors (Lipinski definition) is 0. The Labute approximate surface area is 109 Å². The highest BCUT2D eigenvalue weighted by Crippen LogP contribution is 2.33. The molecular formula is C12H17F3N2O2. The molecule has 1 aromatic rings. The molecule has 1 atom stereocenters. The highest BCUT2D eigenvalue weighted by molar-refractivity contribution is 5.70. The van der Waals surface area contributed by atoms with Crippen molar-refractivity contribution in [2.45, 2.75) is 45.3 Å². The molecule has 0 amide bonds. The van der Waals surface area contributed by atoms with Crippen LogP contribution in [0.25, 0.3) is 0 Å². The van der Waals surface area contributed by atoms with Crippen molar-refractivity contribution in [2.75, 3.05) is 6.61 Å². The average Bonchev–Trinajstić information content (AvgIpc) is 2.73. The molecule has 0 saturated heterocycles. The summed E-state index contributed by atoms with van der Waals surface area (Å²) < 4.78 is 44.2. The Morgan fingerprint density at radius 1 is 1.47 bits per heavy atom. The van der Waals surface area contributed by atoms with Gasteiger partial charge in [0.1, 0.15) is 0 Å². The van der Waals surface area contributed by atoms with Crippen molar-refractivity contribution in [1.82, 2.24) is 9.78 Å². The molecule has 0 aliphatic rings. The number of halogens is 3. The molecule has 1 unspecified atom stereocenters. The van der Waals surface area contributed by atoms with Gasteiger partial charge >= 0.3 is 12.1 Å². The number of carbonyl (C=O) groups excluding carboxylic acids is 1. The molecule has 0 aliphatic heterocycles. The van der Waals surface area contributed by atoms with E-state index < -0.39 is 24.6 Å². The molecule has 0 radical (unpaired) electrons. The zero-order chi connectivity index (χ0) is 14.6. The fourth-order valence-electron chi connectivity index (χ4n) is 1.57. The first kappa shape index (κ1) is 15.5. The third-order valence-electron chi connectivity index (χ3n) is 2.58. The van der Waals surface area contributed by atoms with Crippen LogP contribution in [0.15, 0.2) is 12.3 Å². The first-order valence-electron chi connectivity index (χ1n) is 6.03. The molecule has 4 nitrogen and oxygen atoms in total. The summed E-state index contributed by atoms with van der Waals surface area (Å²) in [5, 5.41) is 3.88. The summed E-state index contributed by atoms with van der Waals surface area (Å²) in [4.78, 5) is 11.3. The van der Waals surface area contributed by atoms with E-state index >= 15 is 0 Å². The van der Waals surface area contributed by atoms with Crippen LogP contribution < -0.4 is 0 Å². The lowest BCUT2D eigenvalue weighted by Gasteiger charge is -2.20. The second-order valence-corrected chi connectivity index (χ2v) is 4.44. The minimum atomic E-state index is -4.55. The standard InChI is InChI=1S/C12H17F3N2O2/c1-4-19-11(18)7-10(12(13,14)15)17-6-5-9(16-17)8(2)3/h5-6,8,10H,4,7H2,1-3H3. The third-order valence-corrected chi connectivity index (χ3v) is 2.58. The second-order valence-electron chi connectivity index (χ2n) is 4.44. The highest BCUT2D eigenvalue weighted by atomic mass is 19.4. The van der Waals surface area contributed by atoms with Crippen LogP contribution in [-0.2, 0) is 9.53 Å². The molecule has 108 valence electrons. The van der Waals surface area contributed by atoms with Gasteiger partial charge in [-0.25, -0.2) is 0 Å². The number of nitrogens with zero attached hydrogens (tertiary/aromatic N) is 2. The minimum absolute atomic E-state index is 0.0257. The van der Waals surface area contributed by atoms with E-state index in [1.807, 2.05) is 13.8 Å². The molecule has 0 aliphatic carbocycles. The van der Waals surface area contributed by atoms with E-state index in [1.54, 1.807) is 6.92 Å². The lowest BCUT2D eigenvalue weighted by atomic mass is 10.1. The summed E-state index contributed by atoms with van der Waals surface area (Å²) in [6.07, 6.45) is -4.07. The quantitative estimate of drug-likeness (QED) is 0.777. The van der Waals surface area contributed by atoms with Crippen molar-refractivity contribution in [3.05, 3.63) is 18.0 Å². The van der Waals surface area contributed by atoms with Crippen molar-refractivity contribution in [3.63, 3.8) is 0 Å². The lowest BCUT2D eigenvalue weighted by Crippen LogP contribution is -2.30. The minimum Gasteiger partial charge on any atom is -0.466 e. The number of aromatic nitrogens is 2. The Morgan fingerprint density at radius 3 is 2.53 bits per heavy atom. The van der Waals surface area contributed by atoms with Gasteiger partial charge in [-0.15, -0.1) is 0 Å². The first-order chi connectivity index (χ1) is 8.75. The number of esters is 1. The Bertz CT molecular complexity index is 427. The summed E-state index contributed by atoms with van der Waals surface area (Å²) >= 11 is 0. The maximum atomic E-state index is 12.9. The van der Waals surface area contributed by atoms with Crippen molar-refractivity contribution < 1.29 is 22.7 Å². The summed E-state index contributed by atoms with van der Waals surface area (Å²) in [5.41, 5.74) is 0.554. The highest BCUT2D eigenvalue weighted by Gasteiger charge is 2.43. The van der Waals surface area contributed by atoms with Crippen molar-refractivity contribution in [3.8, 4) is 0 Å². The molecule has 1 rings (SSSR count). The zero-order valence-electron chi connectivity index (χ0n) is 11.1. The van der Waals surface area contributed by atoms with E-state index in [9.17, 15) is 18.0 Å². The average molecular weight is 278 g/mol. The maximum absolute atomic E-state index is 12.9. The van der Waals surface area contributed by atoms with Gasteiger partial charge in [-0.3, -0.25) is 9.48 Å². The van der Waals surface area contributed by atoms with E-state index in [0.29, 0.717) is 5.69 Å². The van der Waals surface area contributed by atoms with E-state index in [2.05, 4.69) is 9.84 Å². The van der Waals surface area contributed by atoms with Gasteiger partial charge in [0.25, 0.3) is 0 Å². The predicted octanol–water partition coefficient (Wildman–Crippen LogP) is 3.06. The van der Waals surface area contributed by atoms with Crippen LogP contribution in [0.3, 0.4) is 0 Å². The van der Waals surface area contributed by atoms with E-state index in [-0.39, 0.29) is 12.5 Å². The molecule has 0 bridgehead atoms. The molecule has 0 aromatic carbocycles. The van der Waals surface area contributed by atoms with E-state index in [0.717, 1.165) is 4.68 Å². The summed E-state index contributed by atoms with van der Waals surface area (Å²) in [7, 11) is 0. The van der Waals surface area contributed by atoms with Gasteiger partial charge in [0.2, 0.25) is 0 Å². The van der Waals surface area contributed by atoms with E-state index in [1.165, 1.54) is 12.3 Å². The largest absolute Gasteiger partial charge is 0.466 e. The van der Waals surface area contributed by atoms with Crippen molar-refractivity contribution >= 4 is 5.97 Å². The van der Waals surface area contributed by atoms with Gasteiger partial charge in [0.05, 0.1) is 18.7 Å². The van der Waals surface area contributed by atoms with Crippen molar-refractivity contribution in [1.29, 1.82) is 0 Å². The summed E-state index contributed by atoms with van der Waals surface area (Å²) in [5.74, 6) is -0.857. The normalized spacial score (nSPS) is 13.6. The predicted molar refractivity (Wildman–Crippen MR) is 62.7 cm³/mol. The second kappa shape index (κ2) is 6.08. The molecule has 0 saturated carbocycles. The number of rotatable bonds is 5. The van der Waals surface area contributed by atoms with E-state index in [4.69, 9.17) is 0 Å². The third kappa shape index (κ3) is 4.25. The monoisotopic (exact) mass is 278 g/mol. The molecule has 1 heterocycles.